The molecule has 1 aromatic carbocycles. The number of benzene rings is 1. The van der Waals surface area contributed by atoms with Gasteiger partial charge in [-0.05, 0) is 43.6 Å². The molecule has 0 aromatic heterocycles. The third-order valence-corrected chi connectivity index (χ3v) is 3.61. The van der Waals surface area contributed by atoms with E-state index in [2.05, 4.69) is 0 Å². The van der Waals surface area contributed by atoms with Crippen molar-refractivity contribution in [3.05, 3.63) is 34.6 Å². The van der Waals surface area contributed by atoms with Crippen molar-refractivity contribution in [2.24, 2.45) is 0 Å². The molecule has 1 nitrogen and oxygen atoms in total. The van der Waals surface area contributed by atoms with Crippen molar-refractivity contribution in [2.75, 3.05) is 13.1 Å². The maximum Gasteiger partial charge on any atom is 0.408 e. The molecular weight excluding hydrogens is 282 g/mol. The van der Waals surface area contributed by atoms with E-state index in [-0.39, 0.29) is 10.6 Å². The van der Waals surface area contributed by atoms with E-state index in [0.29, 0.717) is 13.1 Å². The SMILES string of the molecule is Fc1ccc(C(N2CCCCC2)C(F)(F)F)cc1Cl. The molecule has 1 aliphatic heterocycles. The van der Waals surface area contributed by atoms with Crippen LogP contribution in [0.1, 0.15) is 30.9 Å². The van der Waals surface area contributed by atoms with Gasteiger partial charge < -0.3 is 0 Å². The average Bonchev–Trinajstić information content (AvgIpc) is 2.34. The first-order valence-corrected chi connectivity index (χ1v) is 6.53. The third-order valence-electron chi connectivity index (χ3n) is 3.33. The Hall–Kier alpha value is -0.810. The van der Waals surface area contributed by atoms with Gasteiger partial charge >= 0.3 is 6.18 Å². The molecule has 1 aromatic rings. The van der Waals surface area contributed by atoms with Crippen molar-refractivity contribution in [3.63, 3.8) is 0 Å². The molecule has 106 valence electrons. The Morgan fingerprint density at radius 3 is 2.26 bits per heavy atom. The van der Waals surface area contributed by atoms with E-state index in [1.54, 1.807) is 0 Å². The summed E-state index contributed by atoms with van der Waals surface area (Å²) in [6.45, 7) is 0.804. The Morgan fingerprint density at radius 1 is 1.11 bits per heavy atom. The smallest absolute Gasteiger partial charge is 0.289 e. The van der Waals surface area contributed by atoms with Crippen LogP contribution in [0.5, 0.6) is 0 Å². The first-order valence-electron chi connectivity index (χ1n) is 6.15. The molecule has 1 atom stereocenters. The van der Waals surface area contributed by atoms with Gasteiger partial charge in [0.05, 0.1) is 5.02 Å². The molecule has 1 fully saturated rings. The summed E-state index contributed by atoms with van der Waals surface area (Å²) in [5, 5.41) is -0.274. The molecule has 1 unspecified atom stereocenters. The highest BCUT2D eigenvalue weighted by atomic mass is 35.5. The minimum Gasteiger partial charge on any atom is -0.289 e. The summed E-state index contributed by atoms with van der Waals surface area (Å²) in [6.07, 6.45) is -1.94. The molecule has 0 saturated carbocycles. The number of rotatable bonds is 2. The fourth-order valence-corrected chi connectivity index (χ4v) is 2.65. The molecule has 2 rings (SSSR count). The predicted octanol–water partition coefficient (Wildman–Crippen LogP) is 4.57. The van der Waals surface area contributed by atoms with Gasteiger partial charge in [-0.15, -0.1) is 0 Å². The zero-order valence-corrected chi connectivity index (χ0v) is 10.9. The molecule has 0 N–H and O–H groups in total. The molecule has 19 heavy (non-hydrogen) atoms. The Kier molecular flexibility index (Phi) is 4.36. The normalized spacial score (nSPS) is 19.4. The zero-order valence-electron chi connectivity index (χ0n) is 10.2. The van der Waals surface area contributed by atoms with Crippen molar-refractivity contribution in [1.29, 1.82) is 0 Å². The monoisotopic (exact) mass is 295 g/mol. The highest BCUT2D eigenvalue weighted by Gasteiger charge is 2.44. The lowest BCUT2D eigenvalue weighted by molar-refractivity contribution is -0.188. The Balaban J connectivity index is 2.33. The number of hydrogen-bond donors (Lipinski definition) is 0. The molecule has 0 spiro atoms. The van der Waals surface area contributed by atoms with Crippen molar-refractivity contribution in [2.45, 2.75) is 31.5 Å². The topological polar surface area (TPSA) is 3.24 Å². The molecule has 1 heterocycles. The van der Waals surface area contributed by atoms with Crippen LogP contribution in [-0.2, 0) is 0 Å². The summed E-state index contributed by atoms with van der Waals surface area (Å²) >= 11 is 5.59. The quantitative estimate of drug-likeness (QED) is 0.723. The maximum atomic E-state index is 13.2. The summed E-state index contributed by atoms with van der Waals surface area (Å²) in [7, 11) is 0. The van der Waals surface area contributed by atoms with Gasteiger partial charge in [0.15, 0.2) is 0 Å². The summed E-state index contributed by atoms with van der Waals surface area (Å²) < 4.78 is 52.8. The number of halogens is 5. The summed E-state index contributed by atoms with van der Waals surface area (Å²) in [4.78, 5) is 1.40. The number of likely N-dealkylation sites (tertiary alicyclic amines) is 1. The molecule has 0 aliphatic carbocycles. The number of nitrogens with zero attached hydrogens (tertiary/aromatic N) is 1. The minimum absolute atomic E-state index is 0.000741. The highest BCUT2D eigenvalue weighted by Crippen LogP contribution is 2.39. The van der Waals surface area contributed by atoms with E-state index in [9.17, 15) is 17.6 Å². The van der Waals surface area contributed by atoms with Crippen LogP contribution in [0, 0.1) is 5.82 Å². The Bertz CT molecular complexity index is 441. The number of alkyl halides is 3. The van der Waals surface area contributed by atoms with Gasteiger partial charge in [0, 0.05) is 0 Å². The first-order chi connectivity index (χ1) is 8.89. The lowest BCUT2D eigenvalue weighted by Gasteiger charge is -2.36. The van der Waals surface area contributed by atoms with Crippen LogP contribution in [0.2, 0.25) is 5.02 Å². The Morgan fingerprint density at radius 2 is 1.74 bits per heavy atom. The summed E-state index contributed by atoms with van der Waals surface area (Å²) in [5.41, 5.74) is 0.000741. The van der Waals surface area contributed by atoms with Crippen molar-refractivity contribution < 1.29 is 17.6 Å². The minimum atomic E-state index is -4.39. The van der Waals surface area contributed by atoms with Gasteiger partial charge in [-0.3, -0.25) is 4.90 Å². The molecular formula is C13H14ClF4N. The van der Waals surface area contributed by atoms with Gasteiger partial charge in [-0.25, -0.2) is 4.39 Å². The van der Waals surface area contributed by atoms with E-state index in [1.807, 2.05) is 0 Å². The van der Waals surface area contributed by atoms with Gasteiger partial charge in [-0.1, -0.05) is 24.1 Å². The second-order valence-corrected chi connectivity index (χ2v) is 5.12. The van der Waals surface area contributed by atoms with Crippen LogP contribution in [0.15, 0.2) is 18.2 Å². The van der Waals surface area contributed by atoms with E-state index < -0.39 is 18.0 Å². The van der Waals surface area contributed by atoms with Crippen molar-refractivity contribution in [3.8, 4) is 0 Å². The predicted molar refractivity (Wildman–Crippen MR) is 65.6 cm³/mol. The van der Waals surface area contributed by atoms with E-state index in [1.165, 1.54) is 4.90 Å². The van der Waals surface area contributed by atoms with Gasteiger partial charge in [0.1, 0.15) is 11.9 Å². The molecule has 6 heteroatoms. The van der Waals surface area contributed by atoms with Crippen LogP contribution in [0.3, 0.4) is 0 Å². The highest BCUT2D eigenvalue weighted by molar-refractivity contribution is 6.30. The van der Waals surface area contributed by atoms with E-state index >= 15 is 0 Å². The van der Waals surface area contributed by atoms with Crippen molar-refractivity contribution >= 4 is 11.6 Å². The van der Waals surface area contributed by atoms with Crippen LogP contribution < -0.4 is 0 Å². The van der Waals surface area contributed by atoms with Crippen LogP contribution in [-0.4, -0.2) is 24.2 Å². The third kappa shape index (κ3) is 3.39. The van der Waals surface area contributed by atoms with Gasteiger partial charge in [0.25, 0.3) is 0 Å². The van der Waals surface area contributed by atoms with Crippen LogP contribution in [0.25, 0.3) is 0 Å². The first kappa shape index (κ1) is 14.6. The standard InChI is InChI=1S/C13H14ClF4N/c14-10-8-9(4-5-11(10)15)12(13(16,17)18)19-6-2-1-3-7-19/h4-5,8,12H,1-3,6-7H2. The molecule has 0 radical (unpaired) electrons. The molecule has 0 amide bonds. The van der Waals surface area contributed by atoms with E-state index in [4.69, 9.17) is 11.6 Å². The fourth-order valence-electron chi connectivity index (χ4n) is 2.47. The number of piperidine rings is 1. The molecule has 1 aliphatic rings. The van der Waals surface area contributed by atoms with Crippen LogP contribution in [0.4, 0.5) is 17.6 Å². The van der Waals surface area contributed by atoms with E-state index in [0.717, 1.165) is 37.5 Å². The lowest BCUT2D eigenvalue weighted by atomic mass is 10.0. The zero-order chi connectivity index (χ0) is 14.0. The van der Waals surface area contributed by atoms with Crippen molar-refractivity contribution in [1.82, 2.24) is 4.90 Å². The summed E-state index contributed by atoms with van der Waals surface area (Å²) in [5.74, 6) is -0.704. The van der Waals surface area contributed by atoms with Gasteiger partial charge in [-0.2, -0.15) is 13.2 Å². The fraction of sp³-hybridized carbons (Fsp3) is 0.538. The van der Waals surface area contributed by atoms with Gasteiger partial charge in [0.2, 0.25) is 0 Å². The Labute approximate surface area is 114 Å². The average molecular weight is 296 g/mol. The summed E-state index contributed by atoms with van der Waals surface area (Å²) in [6, 6.07) is 1.52. The molecule has 1 saturated heterocycles. The largest absolute Gasteiger partial charge is 0.408 e. The second kappa shape index (κ2) is 5.67. The second-order valence-electron chi connectivity index (χ2n) is 4.71. The maximum absolute atomic E-state index is 13.2. The molecule has 0 bridgehead atoms. The van der Waals surface area contributed by atoms with Crippen LogP contribution >= 0.6 is 11.6 Å². The number of hydrogen-bond acceptors (Lipinski definition) is 1. The lowest BCUT2D eigenvalue weighted by Crippen LogP contribution is -2.41.